The maximum atomic E-state index is 5.65. The SMILES string of the molecule is CC1Oc2ccc(Br)cc2C1C. The van der Waals surface area contributed by atoms with Gasteiger partial charge in [0.05, 0.1) is 0 Å². The van der Waals surface area contributed by atoms with E-state index in [1.54, 1.807) is 0 Å². The summed E-state index contributed by atoms with van der Waals surface area (Å²) in [6.45, 7) is 4.31. The third kappa shape index (κ3) is 1.14. The molecule has 1 aliphatic heterocycles. The van der Waals surface area contributed by atoms with Gasteiger partial charge in [-0.3, -0.25) is 0 Å². The van der Waals surface area contributed by atoms with Crippen LogP contribution in [0.3, 0.4) is 0 Å². The molecule has 2 atom stereocenters. The molecule has 0 radical (unpaired) electrons. The first kappa shape index (κ1) is 8.11. The van der Waals surface area contributed by atoms with E-state index in [9.17, 15) is 0 Å². The van der Waals surface area contributed by atoms with Gasteiger partial charge < -0.3 is 4.74 Å². The van der Waals surface area contributed by atoms with E-state index in [1.807, 2.05) is 12.1 Å². The van der Waals surface area contributed by atoms with Crippen LogP contribution in [0.25, 0.3) is 0 Å². The topological polar surface area (TPSA) is 9.23 Å². The summed E-state index contributed by atoms with van der Waals surface area (Å²) in [5.74, 6) is 1.55. The van der Waals surface area contributed by atoms with Gasteiger partial charge in [0.25, 0.3) is 0 Å². The molecule has 64 valence electrons. The number of ether oxygens (including phenoxy) is 1. The van der Waals surface area contributed by atoms with Gasteiger partial charge in [-0.25, -0.2) is 0 Å². The molecule has 0 aliphatic carbocycles. The number of rotatable bonds is 0. The summed E-state index contributed by atoms with van der Waals surface area (Å²) >= 11 is 3.46. The normalized spacial score (nSPS) is 26.6. The molecule has 0 saturated carbocycles. The van der Waals surface area contributed by atoms with Crippen LogP contribution in [-0.4, -0.2) is 6.10 Å². The van der Waals surface area contributed by atoms with E-state index in [4.69, 9.17) is 4.74 Å². The molecular weight excluding hydrogens is 216 g/mol. The van der Waals surface area contributed by atoms with Crippen molar-refractivity contribution in [2.24, 2.45) is 0 Å². The van der Waals surface area contributed by atoms with Crippen LogP contribution >= 0.6 is 15.9 Å². The van der Waals surface area contributed by atoms with Crippen molar-refractivity contribution in [3.8, 4) is 5.75 Å². The zero-order valence-electron chi connectivity index (χ0n) is 7.17. The van der Waals surface area contributed by atoms with Crippen molar-refractivity contribution < 1.29 is 4.74 Å². The van der Waals surface area contributed by atoms with Crippen LogP contribution in [-0.2, 0) is 0 Å². The quantitative estimate of drug-likeness (QED) is 0.660. The molecule has 12 heavy (non-hydrogen) atoms. The average Bonchev–Trinajstić information content (AvgIpc) is 2.31. The molecule has 1 aromatic rings. The van der Waals surface area contributed by atoms with Crippen molar-refractivity contribution in [3.63, 3.8) is 0 Å². The van der Waals surface area contributed by atoms with E-state index < -0.39 is 0 Å². The standard InChI is InChI=1S/C10H11BrO/c1-6-7(2)12-10-4-3-8(11)5-9(6)10/h3-7H,1-2H3. The average molecular weight is 227 g/mol. The minimum absolute atomic E-state index is 0.314. The van der Waals surface area contributed by atoms with Crippen LogP contribution < -0.4 is 4.74 Å². The molecule has 2 heteroatoms. The Morgan fingerprint density at radius 1 is 1.33 bits per heavy atom. The molecule has 0 N–H and O–H groups in total. The maximum Gasteiger partial charge on any atom is 0.123 e. The van der Waals surface area contributed by atoms with Gasteiger partial charge in [0, 0.05) is 16.0 Å². The fourth-order valence-electron chi connectivity index (χ4n) is 1.54. The van der Waals surface area contributed by atoms with E-state index in [0.717, 1.165) is 10.2 Å². The Kier molecular flexibility index (Phi) is 1.87. The van der Waals surface area contributed by atoms with Crippen molar-refractivity contribution in [2.75, 3.05) is 0 Å². The van der Waals surface area contributed by atoms with Crippen molar-refractivity contribution in [2.45, 2.75) is 25.9 Å². The molecule has 1 nitrogen and oxygen atoms in total. The lowest BCUT2D eigenvalue weighted by molar-refractivity contribution is 0.232. The Morgan fingerprint density at radius 3 is 2.83 bits per heavy atom. The third-order valence-electron chi connectivity index (χ3n) is 2.48. The monoisotopic (exact) mass is 226 g/mol. The van der Waals surface area contributed by atoms with Crippen LogP contribution in [0.1, 0.15) is 25.3 Å². The first-order valence-electron chi connectivity index (χ1n) is 4.14. The Morgan fingerprint density at radius 2 is 2.08 bits per heavy atom. The van der Waals surface area contributed by atoms with Gasteiger partial charge in [-0.1, -0.05) is 22.9 Å². The van der Waals surface area contributed by atoms with Gasteiger partial charge >= 0.3 is 0 Å². The maximum absolute atomic E-state index is 5.65. The summed E-state index contributed by atoms with van der Waals surface area (Å²) in [6, 6.07) is 6.19. The van der Waals surface area contributed by atoms with E-state index in [-0.39, 0.29) is 0 Å². The van der Waals surface area contributed by atoms with Crippen LogP contribution in [0.5, 0.6) is 5.75 Å². The zero-order chi connectivity index (χ0) is 8.72. The van der Waals surface area contributed by atoms with E-state index in [1.165, 1.54) is 5.56 Å². The van der Waals surface area contributed by atoms with Gasteiger partial charge in [-0.15, -0.1) is 0 Å². The van der Waals surface area contributed by atoms with E-state index in [0.29, 0.717) is 12.0 Å². The second-order valence-corrected chi connectivity index (χ2v) is 4.21. The molecule has 0 spiro atoms. The predicted octanol–water partition coefficient (Wildman–Crippen LogP) is 3.33. The predicted molar refractivity (Wildman–Crippen MR) is 52.6 cm³/mol. The van der Waals surface area contributed by atoms with Crippen molar-refractivity contribution in [1.82, 2.24) is 0 Å². The molecule has 0 saturated heterocycles. The van der Waals surface area contributed by atoms with E-state index in [2.05, 4.69) is 35.8 Å². The fourth-order valence-corrected chi connectivity index (χ4v) is 1.92. The molecule has 2 rings (SSSR count). The minimum atomic E-state index is 0.314. The van der Waals surface area contributed by atoms with Gasteiger partial charge in [0.2, 0.25) is 0 Å². The summed E-state index contributed by atoms with van der Waals surface area (Å²) < 4.78 is 6.78. The summed E-state index contributed by atoms with van der Waals surface area (Å²) in [6.07, 6.45) is 0.314. The molecule has 1 heterocycles. The molecule has 1 aliphatic rings. The first-order chi connectivity index (χ1) is 5.68. The number of fused-ring (bicyclic) bond motifs is 1. The van der Waals surface area contributed by atoms with Gasteiger partial charge in [0.15, 0.2) is 0 Å². The number of hydrogen-bond acceptors (Lipinski definition) is 1. The highest BCUT2D eigenvalue weighted by molar-refractivity contribution is 9.10. The van der Waals surface area contributed by atoms with Crippen LogP contribution in [0.2, 0.25) is 0 Å². The summed E-state index contributed by atoms with van der Waals surface area (Å²) in [5.41, 5.74) is 1.32. The van der Waals surface area contributed by atoms with Crippen molar-refractivity contribution >= 4 is 15.9 Å². The van der Waals surface area contributed by atoms with Crippen LogP contribution in [0.15, 0.2) is 22.7 Å². The summed E-state index contributed by atoms with van der Waals surface area (Å²) in [7, 11) is 0. The van der Waals surface area contributed by atoms with Gasteiger partial charge in [-0.2, -0.15) is 0 Å². The Bertz CT molecular complexity index is 309. The second-order valence-electron chi connectivity index (χ2n) is 3.29. The second kappa shape index (κ2) is 2.77. The molecule has 1 aromatic carbocycles. The number of halogens is 1. The lowest BCUT2D eigenvalue weighted by Crippen LogP contribution is -2.10. The molecule has 0 aromatic heterocycles. The van der Waals surface area contributed by atoms with Gasteiger partial charge in [0.1, 0.15) is 11.9 Å². The largest absolute Gasteiger partial charge is 0.490 e. The van der Waals surface area contributed by atoms with Crippen LogP contribution in [0, 0.1) is 0 Å². The number of benzene rings is 1. The Hall–Kier alpha value is -0.500. The lowest BCUT2D eigenvalue weighted by atomic mass is 9.99. The zero-order valence-corrected chi connectivity index (χ0v) is 8.76. The van der Waals surface area contributed by atoms with Gasteiger partial charge in [-0.05, 0) is 25.1 Å². The Labute approximate surface area is 80.9 Å². The smallest absolute Gasteiger partial charge is 0.123 e. The molecule has 0 fully saturated rings. The fraction of sp³-hybridized carbons (Fsp3) is 0.400. The molecular formula is C10H11BrO. The van der Waals surface area contributed by atoms with Crippen LogP contribution in [0.4, 0.5) is 0 Å². The first-order valence-corrected chi connectivity index (χ1v) is 4.94. The van der Waals surface area contributed by atoms with Crippen molar-refractivity contribution in [1.29, 1.82) is 0 Å². The summed E-state index contributed by atoms with van der Waals surface area (Å²) in [4.78, 5) is 0. The highest BCUT2D eigenvalue weighted by Gasteiger charge is 2.26. The van der Waals surface area contributed by atoms with E-state index >= 15 is 0 Å². The van der Waals surface area contributed by atoms with Crippen molar-refractivity contribution in [3.05, 3.63) is 28.2 Å². The molecule has 2 unspecified atom stereocenters. The number of hydrogen-bond donors (Lipinski definition) is 0. The Balaban J connectivity index is 2.48. The minimum Gasteiger partial charge on any atom is -0.490 e. The summed E-state index contributed by atoms with van der Waals surface area (Å²) in [5, 5.41) is 0. The highest BCUT2D eigenvalue weighted by atomic mass is 79.9. The molecule has 0 amide bonds. The highest BCUT2D eigenvalue weighted by Crippen LogP contribution is 2.38. The molecule has 0 bridgehead atoms. The lowest BCUT2D eigenvalue weighted by Gasteiger charge is -2.07. The third-order valence-corrected chi connectivity index (χ3v) is 2.97.